The number of carboxylic acid groups (broad SMARTS) is 1. The average Bonchev–Trinajstić information content (AvgIpc) is 2.38. The maximum absolute atomic E-state index is 10.5. The van der Waals surface area contributed by atoms with Crippen LogP contribution in [0.2, 0.25) is 0 Å². The van der Waals surface area contributed by atoms with Crippen LogP contribution in [0.25, 0.3) is 0 Å². The highest BCUT2D eigenvalue weighted by Crippen LogP contribution is 2.08. The number of carboxylic acids is 1. The molecule has 1 fully saturated rings. The standard InChI is InChI=1S/C14H29N3O2/c1-13(3-4-14(18)19)5-6-15-7-8-17-11-9-16(2)10-12-17/h13,15H,3-12H2,1-2H3,(H,18,19). The van der Waals surface area contributed by atoms with Gasteiger partial charge in [-0.15, -0.1) is 0 Å². The van der Waals surface area contributed by atoms with Crippen molar-refractivity contribution in [2.45, 2.75) is 26.2 Å². The first-order valence-corrected chi connectivity index (χ1v) is 7.41. The van der Waals surface area contributed by atoms with Gasteiger partial charge < -0.3 is 15.3 Å². The Balaban J connectivity index is 1.92. The molecule has 1 aliphatic rings. The molecule has 19 heavy (non-hydrogen) atoms. The molecule has 1 saturated heterocycles. The molecule has 2 N–H and O–H groups in total. The van der Waals surface area contributed by atoms with E-state index in [0.717, 1.165) is 32.5 Å². The third-order valence-electron chi connectivity index (χ3n) is 3.87. The minimum absolute atomic E-state index is 0.294. The van der Waals surface area contributed by atoms with Crippen LogP contribution in [0.5, 0.6) is 0 Å². The summed E-state index contributed by atoms with van der Waals surface area (Å²) in [5.41, 5.74) is 0. The van der Waals surface area contributed by atoms with Crippen molar-refractivity contribution < 1.29 is 9.90 Å². The predicted octanol–water partition coefficient (Wildman–Crippen LogP) is 0.714. The summed E-state index contributed by atoms with van der Waals surface area (Å²) in [5.74, 6) is -0.192. The fourth-order valence-electron chi connectivity index (χ4n) is 2.30. The molecule has 112 valence electrons. The fourth-order valence-corrected chi connectivity index (χ4v) is 2.30. The van der Waals surface area contributed by atoms with Gasteiger partial charge in [-0.2, -0.15) is 0 Å². The van der Waals surface area contributed by atoms with Crippen LogP contribution >= 0.6 is 0 Å². The number of hydrogen-bond acceptors (Lipinski definition) is 4. The zero-order valence-corrected chi connectivity index (χ0v) is 12.4. The highest BCUT2D eigenvalue weighted by molar-refractivity contribution is 5.66. The number of carbonyl (C=O) groups is 1. The van der Waals surface area contributed by atoms with E-state index in [1.807, 2.05) is 0 Å². The summed E-state index contributed by atoms with van der Waals surface area (Å²) in [6.07, 6.45) is 2.15. The van der Waals surface area contributed by atoms with Gasteiger partial charge in [0.1, 0.15) is 0 Å². The van der Waals surface area contributed by atoms with Gasteiger partial charge in [-0.05, 0) is 32.4 Å². The van der Waals surface area contributed by atoms with Gasteiger partial charge in [-0.1, -0.05) is 6.92 Å². The SMILES string of the molecule is CC(CCNCCN1CCN(C)CC1)CCC(=O)O. The van der Waals surface area contributed by atoms with Crippen molar-refractivity contribution in [2.75, 3.05) is 52.9 Å². The molecule has 0 radical (unpaired) electrons. The van der Waals surface area contributed by atoms with Crippen molar-refractivity contribution in [1.29, 1.82) is 0 Å². The molecule has 1 rings (SSSR count). The zero-order chi connectivity index (χ0) is 14.1. The minimum atomic E-state index is -0.685. The molecule has 1 heterocycles. The van der Waals surface area contributed by atoms with E-state index in [9.17, 15) is 4.79 Å². The first-order chi connectivity index (χ1) is 9.08. The van der Waals surface area contributed by atoms with E-state index in [-0.39, 0.29) is 0 Å². The Kier molecular flexibility index (Phi) is 8.02. The molecule has 1 aliphatic heterocycles. The van der Waals surface area contributed by atoms with Crippen molar-refractivity contribution in [1.82, 2.24) is 15.1 Å². The van der Waals surface area contributed by atoms with Gasteiger partial charge >= 0.3 is 5.97 Å². The largest absolute Gasteiger partial charge is 0.481 e. The van der Waals surface area contributed by atoms with Crippen molar-refractivity contribution in [3.8, 4) is 0 Å². The van der Waals surface area contributed by atoms with Crippen LogP contribution in [-0.4, -0.2) is 73.7 Å². The fraction of sp³-hybridized carbons (Fsp3) is 0.929. The van der Waals surface area contributed by atoms with E-state index < -0.39 is 5.97 Å². The molecule has 0 saturated carbocycles. The molecule has 1 unspecified atom stereocenters. The number of nitrogens with zero attached hydrogens (tertiary/aromatic N) is 2. The van der Waals surface area contributed by atoms with Crippen LogP contribution in [0.4, 0.5) is 0 Å². The molecular formula is C14H29N3O2. The summed E-state index contributed by atoms with van der Waals surface area (Å²) in [5, 5.41) is 12.1. The summed E-state index contributed by atoms with van der Waals surface area (Å²) < 4.78 is 0. The van der Waals surface area contributed by atoms with Gasteiger partial charge in [0.2, 0.25) is 0 Å². The number of piperazine rings is 1. The number of rotatable bonds is 9. The Hall–Kier alpha value is -0.650. The van der Waals surface area contributed by atoms with Gasteiger partial charge in [-0.3, -0.25) is 9.69 Å². The van der Waals surface area contributed by atoms with Crippen molar-refractivity contribution in [3.05, 3.63) is 0 Å². The van der Waals surface area contributed by atoms with Crippen molar-refractivity contribution in [3.63, 3.8) is 0 Å². The lowest BCUT2D eigenvalue weighted by molar-refractivity contribution is -0.137. The lowest BCUT2D eigenvalue weighted by Crippen LogP contribution is -2.46. The topological polar surface area (TPSA) is 55.8 Å². The Morgan fingerprint density at radius 3 is 2.53 bits per heavy atom. The Labute approximate surface area is 117 Å². The average molecular weight is 271 g/mol. The van der Waals surface area contributed by atoms with Crippen LogP contribution in [0, 0.1) is 5.92 Å². The lowest BCUT2D eigenvalue weighted by atomic mass is 10.0. The molecular weight excluding hydrogens is 242 g/mol. The molecule has 0 spiro atoms. The van der Waals surface area contributed by atoms with Gasteiger partial charge in [0.15, 0.2) is 0 Å². The van der Waals surface area contributed by atoms with Crippen LogP contribution in [0.1, 0.15) is 26.2 Å². The molecule has 0 aliphatic carbocycles. The van der Waals surface area contributed by atoms with Crippen molar-refractivity contribution in [2.24, 2.45) is 5.92 Å². The zero-order valence-electron chi connectivity index (χ0n) is 12.4. The molecule has 0 aromatic heterocycles. The number of nitrogens with one attached hydrogen (secondary N) is 1. The predicted molar refractivity (Wildman–Crippen MR) is 77.5 cm³/mol. The number of hydrogen-bond donors (Lipinski definition) is 2. The third-order valence-corrected chi connectivity index (χ3v) is 3.87. The minimum Gasteiger partial charge on any atom is -0.481 e. The highest BCUT2D eigenvalue weighted by atomic mass is 16.4. The summed E-state index contributed by atoms with van der Waals surface area (Å²) >= 11 is 0. The smallest absolute Gasteiger partial charge is 0.303 e. The van der Waals surface area contributed by atoms with Crippen molar-refractivity contribution >= 4 is 5.97 Å². The number of aliphatic carboxylic acids is 1. The molecule has 0 aromatic carbocycles. The second-order valence-electron chi connectivity index (χ2n) is 5.72. The van der Waals surface area contributed by atoms with Gasteiger partial charge in [0, 0.05) is 45.7 Å². The first kappa shape index (κ1) is 16.4. The normalized spacial score (nSPS) is 19.5. The van der Waals surface area contributed by atoms with E-state index in [4.69, 9.17) is 5.11 Å². The number of likely N-dealkylation sites (N-methyl/N-ethyl adjacent to an activating group) is 1. The van der Waals surface area contributed by atoms with Crippen LogP contribution in [0.3, 0.4) is 0 Å². The molecule has 0 amide bonds. The van der Waals surface area contributed by atoms with Gasteiger partial charge in [-0.25, -0.2) is 0 Å². The molecule has 0 aromatic rings. The van der Waals surface area contributed by atoms with Gasteiger partial charge in [0.25, 0.3) is 0 Å². The summed E-state index contributed by atoms with van der Waals surface area (Å²) in [4.78, 5) is 15.3. The maximum Gasteiger partial charge on any atom is 0.303 e. The van der Waals surface area contributed by atoms with Crippen LogP contribution in [0.15, 0.2) is 0 Å². The van der Waals surface area contributed by atoms with Gasteiger partial charge in [0.05, 0.1) is 0 Å². The lowest BCUT2D eigenvalue weighted by Gasteiger charge is -2.32. The first-order valence-electron chi connectivity index (χ1n) is 7.41. The summed E-state index contributed by atoms with van der Waals surface area (Å²) in [6, 6.07) is 0. The monoisotopic (exact) mass is 271 g/mol. The quantitative estimate of drug-likeness (QED) is 0.605. The molecule has 5 heteroatoms. The summed E-state index contributed by atoms with van der Waals surface area (Å²) in [7, 11) is 2.17. The van der Waals surface area contributed by atoms with E-state index in [1.165, 1.54) is 26.2 Å². The second kappa shape index (κ2) is 9.28. The molecule has 1 atom stereocenters. The molecule has 0 bridgehead atoms. The third kappa shape index (κ3) is 8.18. The van der Waals surface area contributed by atoms with E-state index in [1.54, 1.807) is 0 Å². The Morgan fingerprint density at radius 2 is 1.89 bits per heavy atom. The summed E-state index contributed by atoms with van der Waals surface area (Å²) in [6.45, 7) is 9.98. The second-order valence-corrected chi connectivity index (χ2v) is 5.72. The van der Waals surface area contributed by atoms with E-state index in [0.29, 0.717) is 12.3 Å². The van der Waals surface area contributed by atoms with Crippen LogP contribution in [-0.2, 0) is 4.79 Å². The van der Waals surface area contributed by atoms with Crippen LogP contribution < -0.4 is 5.32 Å². The highest BCUT2D eigenvalue weighted by Gasteiger charge is 2.12. The van der Waals surface area contributed by atoms with E-state index in [2.05, 4.69) is 29.1 Å². The van der Waals surface area contributed by atoms with E-state index >= 15 is 0 Å². The Morgan fingerprint density at radius 1 is 1.21 bits per heavy atom. The Bertz CT molecular complexity index is 253. The molecule has 5 nitrogen and oxygen atoms in total. The maximum atomic E-state index is 10.5.